The minimum absolute atomic E-state index is 0.0911. The quantitative estimate of drug-likeness (QED) is 0.923. The number of halogens is 3. The van der Waals surface area contributed by atoms with Gasteiger partial charge in [0.15, 0.2) is 0 Å². The molecule has 1 aromatic heterocycles. The zero-order chi connectivity index (χ0) is 15.5. The van der Waals surface area contributed by atoms with Crippen LogP contribution in [0.4, 0.5) is 19.0 Å². The first-order valence-electron chi connectivity index (χ1n) is 7.06. The van der Waals surface area contributed by atoms with E-state index in [1.54, 1.807) is 0 Å². The van der Waals surface area contributed by atoms with E-state index in [1.807, 2.05) is 6.92 Å². The Bertz CT molecular complexity index is 456. The van der Waals surface area contributed by atoms with Crippen molar-refractivity contribution in [2.75, 3.05) is 45.1 Å². The van der Waals surface area contributed by atoms with Crippen LogP contribution >= 0.6 is 0 Å². The van der Waals surface area contributed by atoms with E-state index in [1.165, 1.54) is 12.3 Å². The van der Waals surface area contributed by atoms with Crippen molar-refractivity contribution in [3.05, 3.63) is 23.9 Å². The standard InChI is InChI=1S/C14H21F3N4/c1-11(10-21-8-6-20(2)7-9-21)19-13-12(14(15,16)17)4-3-5-18-13/h3-5,11H,6-10H2,1-2H3,(H,18,19). The summed E-state index contributed by atoms with van der Waals surface area (Å²) in [4.78, 5) is 8.34. The third-order valence-electron chi connectivity index (χ3n) is 3.62. The van der Waals surface area contributed by atoms with E-state index in [-0.39, 0.29) is 11.9 Å². The van der Waals surface area contributed by atoms with Crippen LogP contribution in [-0.4, -0.2) is 60.6 Å². The van der Waals surface area contributed by atoms with E-state index < -0.39 is 11.7 Å². The highest BCUT2D eigenvalue weighted by molar-refractivity contribution is 5.46. The number of alkyl halides is 3. The third kappa shape index (κ3) is 4.57. The molecule has 21 heavy (non-hydrogen) atoms. The molecule has 4 nitrogen and oxygen atoms in total. The van der Waals surface area contributed by atoms with E-state index in [2.05, 4.69) is 27.1 Å². The summed E-state index contributed by atoms with van der Waals surface area (Å²) in [6, 6.07) is 2.27. The molecule has 1 N–H and O–H groups in total. The molecule has 0 aromatic carbocycles. The largest absolute Gasteiger partial charge is 0.419 e. The molecule has 1 atom stereocenters. The van der Waals surface area contributed by atoms with E-state index in [0.717, 1.165) is 32.2 Å². The number of piperazine rings is 1. The normalized spacial score (nSPS) is 19.5. The average Bonchev–Trinajstić information content (AvgIpc) is 2.41. The first-order valence-corrected chi connectivity index (χ1v) is 7.06. The zero-order valence-corrected chi connectivity index (χ0v) is 12.3. The monoisotopic (exact) mass is 302 g/mol. The second-order valence-corrected chi connectivity index (χ2v) is 5.55. The minimum atomic E-state index is -4.38. The van der Waals surface area contributed by atoms with Crippen LogP contribution in [0.15, 0.2) is 18.3 Å². The molecule has 2 rings (SSSR count). The summed E-state index contributed by atoms with van der Waals surface area (Å²) in [5.41, 5.74) is -0.713. The van der Waals surface area contributed by atoms with E-state index >= 15 is 0 Å². The maximum Gasteiger partial charge on any atom is 0.419 e. The van der Waals surface area contributed by atoms with Crippen molar-refractivity contribution in [1.82, 2.24) is 14.8 Å². The summed E-state index contributed by atoms with van der Waals surface area (Å²) < 4.78 is 38.7. The maximum atomic E-state index is 12.9. The van der Waals surface area contributed by atoms with Crippen LogP contribution < -0.4 is 5.32 Å². The Hall–Kier alpha value is -1.34. The molecule has 1 aliphatic heterocycles. The first kappa shape index (κ1) is 16.0. The summed E-state index contributed by atoms with van der Waals surface area (Å²) in [7, 11) is 2.07. The molecule has 1 aliphatic rings. The summed E-state index contributed by atoms with van der Waals surface area (Å²) in [5.74, 6) is -0.0911. The van der Waals surface area contributed by atoms with Gasteiger partial charge in [-0.25, -0.2) is 4.98 Å². The number of anilines is 1. The van der Waals surface area contributed by atoms with Crippen molar-refractivity contribution in [3.63, 3.8) is 0 Å². The second kappa shape index (κ2) is 6.62. The van der Waals surface area contributed by atoms with Gasteiger partial charge in [-0.05, 0) is 26.1 Å². The second-order valence-electron chi connectivity index (χ2n) is 5.55. The average molecular weight is 302 g/mol. The van der Waals surface area contributed by atoms with Crippen molar-refractivity contribution in [2.24, 2.45) is 0 Å². The van der Waals surface area contributed by atoms with Gasteiger partial charge in [-0.2, -0.15) is 13.2 Å². The number of pyridine rings is 1. The van der Waals surface area contributed by atoms with Gasteiger partial charge in [-0.15, -0.1) is 0 Å². The lowest BCUT2D eigenvalue weighted by Crippen LogP contribution is -2.47. The lowest BCUT2D eigenvalue weighted by Gasteiger charge is -2.34. The molecule has 0 amide bonds. The molecule has 1 aromatic rings. The van der Waals surface area contributed by atoms with Crippen molar-refractivity contribution in [2.45, 2.75) is 19.1 Å². The van der Waals surface area contributed by atoms with Crippen molar-refractivity contribution in [3.8, 4) is 0 Å². The van der Waals surface area contributed by atoms with Crippen molar-refractivity contribution in [1.29, 1.82) is 0 Å². The lowest BCUT2D eigenvalue weighted by molar-refractivity contribution is -0.137. The van der Waals surface area contributed by atoms with Crippen LogP contribution in [-0.2, 0) is 6.18 Å². The molecule has 0 saturated carbocycles. The Balaban J connectivity index is 1.95. The molecule has 0 spiro atoms. The van der Waals surface area contributed by atoms with Crippen LogP contribution in [0.1, 0.15) is 12.5 Å². The van der Waals surface area contributed by atoms with Crippen LogP contribution in [0.2, 0.25) is 0 Å². The van der Waals surface area contributed by atoms with Crippen LogP contribution in [0.3, 0.4) is 0 Å². The zero-order valence-electron chi connectivity index (χ0n) is 12.3. The maximum absolute atomic E-state index is 12.9. The smallest absolute Gasteiger partial charge is 0.366 e. The Labute approximate surface area is 122 Å². The topological polar surface area (TPSA) is 31.4 Å². The van der Waals surface area contributed by atoms with Crippen molar-refractivity contribution < 1.29 is 13.2 Å². The predicted octanol–water partition coefficient (Wildman–Crippen LogP) is 2.15. The molecule has 2 heterocycles. The number of nitrogens with one attached hydrogen (secondary N) is 1. The molecule has 1 saturated heterocycles. The van der Waals surface area contributed by atoms with Crippen molar-refractivity contribution >= 4 is 5.82 Å². The summed E-state index contributed by atoms with van der Waals surface area (Å²) in [6.07, 6.45) is -3.01. The predicted molar refractivity (Wildman–Crippen MR) is 76.3 cm³/mol. The van der Waals surface area contributed by atoms with Gasteiger partial charge in [-0.3, -0.25) is 4.90 Å². The molecule has 0 bridgehead atoms. The summed E-state index contributed by atoms with van der Waals surface area (Å²) >= 11 is 0. The fourth-order valence-electron chi connectivity index (χ4n) is 2.45. The Morgan fingerprint density at radius 1 is 1.29 bits per heavy atom. The van der Waals surface area contributed by atoms with E-state index in [9.17, 15) is 13.2 Å². The van der Waals surface area contributed by atoms with Crippen LogP contribution in [0.25, 0.3) is 0 Å². The fourth-order valence-corrected chi connectivity index (χ4v) is 2.45. The number of hydrogen-bond donors (Lipinski definition) is 1. The number of rotatable bonds is 4. The molecule has 1 unspecified atom stereocenters. The lowest BCUT2D eigenvalue weighted by atomic mass is 10.2. The number of likely N-dealkylation sites (N-methyl/N-ethyl adjacent to an activating group) is 1. The fraction of sp³-hybridized carbons (Fsp3) is 0.643. The van der Waals surface area contributed by atoms with Gasteiger partial charge in [-0.1, -0.05) is 0 Å². The first-order chi connectivity index (χ1) is 9.86. The van der Waals surface area contributed by atoms with Gasteiger partial charge in [0.1, 0.15) is 5.82 Å². The van der Waals surface area contributed by atoms with Crippen LogP contribution in [0, 0.1) is 0 Å². The highest BCUT2D eigenvalue weighted by atomic mass is 19.4. The number of nitrogens with zero attached hydrogens (tertiary/aromatic N) is 3. The highest BCUT2D eigenvalue weighted by Gasteiger charge is 2.34. The molecular formula is C14H21F3N4. The van der Waals surface area contributed by atoms with Gasteiger partial charge in [0.25, 0.3) is 0 Å². The molecule has 118 valence electrons. The van der Waals surface area contributed by atoms with E-state index in [0.29, 0.717) is 6.54 Å². The Morgan fingerprint density at radius 2 is 1.95 bits per heavy atom. The third-order valence-corrected chi connectivity index (χ3v) is 3.62. The molecule has 7 heteroatoms. The highest BCUT2D eigenvalue weighted by Crippen LogP contribution is 2.33. The number of hydrogen-bond acceptors (Lipinski definition) is 4. The molecule has 1 fully saturated rings. The Kier molecular flexibility index (Phi) is 5.05. The van der Waals surface area contributed by atoms with Gasteiger partial charge >= 0.3 is 6.18 Å². The van der Waals surface area contributed by atoms with Gasteiger partial charge in [0, 0.05) is 45.0 Å². The van der Waals surface area contributed by atoms with Gasteiger partial charge < -0.3 is 10.2 Å². The SMILES string of the molecule is CC(CN1CCN(C)CC1)Nc1ncccc1C(F)(F)F. The molecule has 0 aliphatic carbocycles. The summed E-state index contributed by atoms with van der Waals surface area (Å²) in [5, 5.41) is 2.89. The van der Waals surface area contributed by atoms with Crippen LogP contribution in [0.5, 0.6) is 0 Å². The molecule has 0 radical (unpaired) electrons. The number of aromatic nitrogens is 1. The van der Waals surface area contributed by atoms with E-state index in [4.69, 9.17) is 0 Å². The van der Waals surface area contributed by atoms with Gasteiger partial charge in [0.05, 0.1) is 5.56 Å². The molecular weight excluding hydrogens is 281 g/mol. The minimum Gasteiger partial charge on any atom is -0.366 e. The Morgan fingerprint density at radius 3 is 2.57 bits per heavy atom. The van der Waals surface area contributed by atoms with Gasteiger partial charge in [0.2, 0.25) is 0 Å². The summed E-state index contributed by atoms with van der Waals surface area (Å²) in [6.45, 7) is 6.46.